The fraction of sp³-hybridized carbons (Fsp3) is 0.235. The van der Waals surface area contributed by atoms with Crippen LogP contribution in [-0.2, 0) is 13.2 Å². The zero-order valence-corrected chi connectivity index (χ0v) is 12.1. The molecule has 0 aliphatic carbocycles. The minimum Gasteiger partial charge on any atom is -0.473 e. The summed E-state index contributed by atoms with van der Waals surface area (Å²) in [6, 6.07) is 16.1. The summed E-state index contributed by atoms with van der Waals surface area (Å²) in [5, 5.41) is 0. The molecule has 2 heterocycles. The first-order chi connectivity index (χ1) is 10.2. The summed E-state index contributed by atoms with van der Waals surface area (Å²) in [6.07, 6.45) is 2.02. The van der Waals surface area contributed by atoms with Crippen molar-refractivity contribution in [2.45, 2.75) is 26.1 Å². The Morgan fingerprint density at radius 1 is 1.14 bits per heavy atom. The predicted molar refractivity (Wildman–Crippen MR) is 84.2 cm³/mol. The van der Waals surface area contributed by atoms with Gasteiger partial charge in [-0.2, -0.15) is 0 Å². The van der Waals surface area contributed by atoms with E-state index in [0.717, 1.165) is 23.1 Å². The predicted octanol–water partition coefficient (Wildman–Crippen LogP) is 2.96. The quantitative estimate of drug-likeness (QED) is 0.782. The monoisotopic (exact) mass is 281 g/mol. The van der Waals surface area contributed by atoms with E-state index < -0.39 is 0 Å². The van der Waals surface area contributed by atoms with Gasteiger partial charge in [-0.3, -0.25) is 0 Å². The Hall–Kier alpha value is -2.33. The van der Waals surface area contributed by atoms with Crippen LogP contribution in [0.1, 0.15) is 12.5 Å². The molecule has 4 heteroatoms. The van der Waals surface area contributed by atoms with E-state index in [1.54, 1.807) is 0 Å². The molecule has 108 valence electrons. The molecule has 0 fully saturated rings. The van der Waals surface area contributed by atoms with Crippen molar-refractivity contribution in [3.8, 4) is 5.88 Å². The molecule has 2 aromatic heterocycles. The van der Waals surface area contributed by atoms with Crippen LogP contribution in [0.3, 0.4) is 0 Å². The second-order valence-corrected chi connectivity index (χ2v) is 5.27. The number of nitrogens with two attached hydrogens (primary N) is 1. The van der Waals surface area contributed by atoms with E-state index in [-0.39, 0.29) is 6.04 Å². The highest BCUT2D eigenvalue weighted by Crippen LogP contribution is 2.19. The molecular formula is C17H19N3O. The van der Waals surface area contributed by atoms with Gasteiger partial charge in [0.2, 0.25) is 5.88 Å². The molecule has 3 aromatic rings. The third-order valence-corrected chi connectivity index (χ3v) is 3.31. The number of fused-ring (bicyclic) bond motifs is 1. The molecule has 0 aliphatic heterocycles. The smallest absolute Gasteiger partial charge is 0.214 e. The van der Waals surface area contributed by atoms with Gasteiger partial charge in [0.25, 0.3) is 0 Å². The van der Waals surface area contributed by atoms with E-state index in [4.69, 9.17) is 10.5 Å². The standard InChI is InChI=1S/C17H19N3O/c1-13(18)11-20-10-9-15-16(20)7-8-17(19-15)21-12-14-5-3-2-4-6-14/h2-10,13H,11-12,18H2,1H3/t13-/m1/s1. The normalized spacial score (nSPS) is 12.5. The van der Waals surface area contributed by atoms with E-state index in [2.05, 4.69) is 9.55 Å². The Morgan fingerprint density at radius 3 is 2.71 bits per heavy atom. The Kier molecular flexibility index (Phi) is 3.88. The summed E-state index contributed by atoms with van der Waals surface area (Å²) in [5.74, 6) is 0.643. The van der Waals surface area contributed by atoms with Gasteiger partial charge < -0.3 is 15.0 Å². The van der Waals surface area contributed by atoms with E-state index in [9.17, 15) is 0 Å². The van der Waals surface area contributed by atoms with E-state index >= 15 is 0 Å². The highest BCUT2D eigenvalue weighted by Gasteiger charge is 2.06. The molecule has 4 nitrogen and oxygen atoms in total. The Morgan fingerprint density at radius 2 is 1.95 bits per heavy atom. The molecule has 2 N–H and O–H groups in total. The molecule has 21 heavy (non-hydrogen) atoms. The zero-order valence-electron chi connectivity index (χ0n) is 12.1. The maximum atomic E-state index is 5.85. The van der Waals surface area contributed by atoms with Crippen LogP contribution >= 0.6 is 0 Å². The average molecular weight is 281 g/mol. The van der Waals surface area contributed by atoms with Crippen molar-refractivity contribution in [2.24, 2.45) is 5.73 Å². The molecule has 0 saturated heterocycles. The van der Waals surface area contributed by atoms with Gasteiger partial charge in [0.05, 0.1) is 11.0 Å². The van der Waals surface area contributed by atoms with Crippen LogP contribution in [-0.4, -0.2) is 15.6 Å². The van der Waals surface area contributed by atoms with Crippen LogP contribution < -0.4 is 10.5 Å². The number of ether oxygens (including phenoxy) is 1. The lowest BCUT2D eigenvalue weighted by molar-refractivity contribution is 0.295. The maximum absolute atomic E-state index is 5.85. The lowest BCUT2D eigenvalue weighted by Gasteiger charge is -2.09. The summed E-state index contributed by atoms with van der Waals surface area (Å²) in [6.45, 7) is 3.31. The molecule has 1 atom stereocenters. The van der Waals surface area contributed by atoms with Crippen LogP contribution in [0, 0.1) is 0 Å². The zero-order chi connectivity index (χ0) is 14.7. The van der Waals surface area contributed by atoms with Crippen LogP contribution in [0.2, 0.25) is 0 Å². The number of nitrogens with zero attached hydrogens (tertiary/aromatic N) is 2. The number of benzene rings is 1. The van der Waals surface area contributed by atoms with Gasteiger partial charge >= 0.3 is 0 Å². The number of rotatable bonds is 5. The summed E-state index contributed by atoms with van der Waals surface area (Å²) >= 11 is 0. The minimum atomic E-state index is 0.120. The van der Waals surface area contributed by atoms with Crippen molar-refractivity contribution in [1.29, 1.82) is 0 Å². The van der Waals surface area contributed by atoms with Gasteiger partial charge in [0.1, 0.15) is 6.61 Å². The van der Waals surface area contributed by atoms with Crippen molar-refractivity contribution in [1.82, 2.24) is 9.55 Å². The van der Waals surface area contributed by atoms with Crippen LogP contribution in [0.5, 0.6) is 5.88 Å². The number of aromatic nitrogens is 2. The Bertz CT molecular complexity index is 719. The molecule has 0 radical (unpaired) electrons. The summed E-state index contributed by atoms with van der Waals surface area (Å²) in [4.78, 5) is 4.53. The highest BCUT2D eigenvalue weighted by molar-refractivity contribution is 5.76. The summed E-state index contributed by atoms with van der Waals surface area (Å²) in [5.41, 5.74) is 9.00. The van der Waals surface area contributed by atoms with Crippen LogP contribution in [0.15, 0.2) is 54.7 Å². The fourth-order valence-electron chi connectivity index (χ4n) is 2.34. The van der Waals surface area contributed by atoms with Crippen LogP contribution in [0.4, 0.5) is 0 Å². The number of hydrogen-bond donors (Lipinski definition) is 1. The molecule has 3 rings (SSSR count). The second kappa shape index (κ2) is 5.97. The lowest BCUT2D eigenvalue weighted by atomic mass is 10.2. The van der Waals surface area contributed by atoms with Gasteiger partial charge in [-0.15, -0.1) is 0 Å². The Labute approximate surface area is 124 Å². The number of hydrogen-bond acceptors (Lipinski definition) is 3. The largest absolute Gasteiger partial charge is 0.473 e. The first-order valence-corrected chi connectivity index (χ1v) is 7.10. The van der Waals surface area contributed by atoms with E-state index in [1.807, 2.05) is 61.7 Å². The summed E-state index contributed by atoms with van der Waals surface area (Å²) in [7, 11) is 0. The Balaban J connectivity index is 1.75. The third-order valence-electron chi connectivity index (χ3n) is 3.31. The van der Waals surface area contributed by atoms with Crippen molar-refractivity contribution < 1.29 is 4.74 Å². The third kappa shape index (κ3) is 3.23. The molecule has 0 aliphatic rings. The topological polar surface area (TPSA) is 53.1 Å². The average Bonchev–Trinajstić information content (AvgIpc) is 2.88. The van der Waals surface area contributed by atoms with Crippen molar-refractivity contribution in [2.75, 3.05) is 0 Å². The van der Waals surface area contributed by atoms with Gasteiger partial charge in [-0.1, -0.05) is 30.3 Å². The second-order valence-electron chi connectivity index (χ2n) is 5.27. The molecule has 0 spiro atoms. The molecule has 0 amide bonds. The molecule has 1 aromatic carbocycles. The highest BCUT2D eigenvalue weighted by atomic mass is 16.5. The van der Waals surface area contributed by atoms with E-state index in [1.165, 1.54) is 0 Å². The fourth-order valence-corrected chi connectivity index (χ4v) is 2.34. The number of pyridine rings is 1. The first-order valence-electron chi connectivity index (χ1n) is 7.10. The molecule has 0 unspecified atom stereocenters. The van der Waals surface area contributed by atoms with Gasteiger partial charge in [-0.25, -0.2) is 4.98 Å². The van der Waals surface area contributed by atoms with Gasteiger partial charge in [0.15, 0.2) is 0 Å². The minimum absolute atomic E-state index is 0.120. The first kappa shape index (κ1) is 13.6. The molecular weight excluding hydrogens is 262 g/mol. The molecule has 0 saturated carbocycles. The summed E-state index contributed by atoms with van der Waals surface area (Å²) < 4.78 is 7.86. The van der Waals surface area contributed by atoms with Crippen LogP contribution in [0.25, 0.3) is 11.0 Å². The van der Waals surface area contributed by atoms with Crippen molar-refractivity contribution >= 4 is 11.0 Å². The molecule has 0 bridgehead atoms. The SMILES string of the molecule is C[C@@H](N)Cn1ccc2nc(OCc3ccccc3)ccc21. The van der Waals surface area contributed by atoms with Crippen molar-refractivity contribution in [3.63, 3.8) is 0 Å². The van der Waals surface area contributed by atoms with Crippen molar-refractivity contribution in [3.05, 3.63) is 60.3 Å². The van der Waals surface area contributed by atoms with Gasteiger partial charge in [-0.05, 0) is 24.6 Å². The lowest BCUT2D eigenvalue weighted by Crippen LogP contribution is -2.21. The van der Waals surface area contributed by atoms with E-state index in [0.29, 0.717) is 12.5 Å². The maximum Gasteiger partial charge on any atom is 0.214 e. The van der Waals surface area contributed by atoms with Gasteiger partial charge in [0, 0.05) is 24.8 Å².